The Morgan fingerprint density at radius 3 is 2.26 bits per heavy atom. The molecule has 6 heteroatoms. The van der Waals surface area contributed by atoms with Crippen LogP contribution in [0, 0.1) is 0 Å². The van der Waals surface area contributed by atoms with Crippen LogP contribution in [0.1, 0.15) is 29.9 Å². The average Bonchev–Trinajstić information content (AvgIpc) is 2.98. The number of amides is 1. The van der Waals surface area contributed by atoms with Gasteiger partial charge in [-0.1, -0.05) is 48.5 Å². The third-order valence-electron chi connectivity index (χ3n) is 4.75. The van der Waals surface area contributed by atoms with Crippen LogP contribution >= 0.6 is 11.8 Å². The number of rotatable bonds is 8. The molecule has 3 rings (SSSR count). The molecule has 0 aromatic heterocycles. The number of fused-ring (bicyclic) bond motifs is 3. The highest BCUT2D eigenvalue weighted by molar-refractivity contribution is 7.98. The normalized spacial score (nSPS) is 13.5. The van der Waals surface area contributed by atoms with Gasteiger partial charge in [-0.25, -0.2) is 4.79 Å². The quantitative estimate of drug-likeness (QED) is 0.757. The molecule has 2 aromatic carbocycles. The Labute approximate surface area is 163 Å². The second-order valence-corrected chi connectivity index (χ2v) is 7.51. The highest BCUT2D eigenvalue weighted by Crippen LogP contribution is 2.44. The van der Waals surface area contributed by atoms with Gasteiger partial charge in [0.25, 0.3) is 0 Å². The van der Waals surface area contributed by atoms with Crippen LogP contribution in [-0.4, -0.2) is 36.7 Å². The number of thioether (sulfide) groups is 1. The third-order valence-corrected chi connectivity index (χ3v) is 5.39. The highest BCUT2D eigenvalue weighted by atomic mass is 32.2. The monoisotopic (exact) mass is 384 g/mol. The van der Waals surface area contributed by atoms with Crippen LogP contribution in [-0.2, 0) is 9.53 Å². The van der Waals surface area contributed by atoms with E-state index in [0.717, 1.165) is 28.0 Å². The summed E-state index contributed by atoms with van der Waals surface area (Å²) in [6.45, 7) is 0.209. The first kappa shape index (κ1) is 19.3. The van der Waals surface area contributed by atoms with Crippen molar-refractivity contribution in [2.24, 2.45) is 0 Å². The molecule has 0 radical (unpaired) electrons. The molecule has 1 amide bonds. The van der Waals surface area contributed by atoms with E-state index in [4.69, 9.17) is 4.74 Å². The van der Waals surface area contributed by atoms with Gasteiger partial charge in [-0.05, 0) is 40.7 Å². The standard InChI is InChI=1S/C21H23NO4S/c1-27-11-10-14(12-20(23)24)22-21(25)26-13-19-17-8-4-2-6-15(17)16-7-3-5-9-18(16)19/h2-9,14,19H,10-13H2,1H3,(H,22,25)(H,23,24)/p-1/t14-/m1/s1. The molecule has 1 N–H and O–H groups in total. The minimum Gasteiger partial charge on any atom is -0.550 e. The lowest BCUT2D eigenvalue weighted by Crippen LogP contribution is -2.40. The minimum atomic E-state index is -1.18. The van der Waals surface area contributed by atoms with Crippen LogP contribution in [0.5, 0.6) is 0 Å². The molecule has 0 heterocycles. The Balaban J connectivity index is 1.65. The van der Waals surface area contributed by atoms with Gasteiger partial charge in [0.15, 0.2) is 0 Å². The van der Waals surface area contributed by atoms with E-state index >= 15 is 0 Å². The number of aliphatic carboxylic acids is 1. The zero-order chi connectivity index (χ0) is 19.2. The predicted molar refractivity (Wildman–Crippen MR) is 105 cm³/mol. The van der Waals surface area contributed by atoms with Crippen molar-refractivity contribution in [3.63, 3.8) is 0 Å². The van der Waals surface area contributed by atoms with Crippen LogP contribution in [0.2, 0.25) is 0 Å². The number of hydrogen-bond acceptors (Lipinski definition) is 5. The SMILES string of the molecule is CSCC[C@H](CC(=O)[O-])NC(=O)OCC1c2ccccc2-c2ccccc21. The molecule has 0 saturated carbocycles. The number of benzene rings is 2. The van der Waals surface area contributed by atoms with Crippen molar-refractivity contribution in [2.75, 3.05) is 18.6 Å². The lowest BCUT2D eigenvalue weighted by molar-refractivity contribution is -0.306. The summed E-state index contributed by atoms with van der Waals surface area (Å²) in [4.78, 5) is 23.1. The zero-order valence-corrected chi connectivity index (χ0v) is 16.0. The van der Waals surface area contributed by atoms with E-state index in [9.17, 15) is 14.7 Å². The molecule has 0 unspecified atom stereocenters. The molecule has 27 heavy (non-hydrogen) atoms. The van der Waals surface area contributed by atoms with Gasteiger partial charge < -0.3 is 20.0 Å². The minimum absolute atomic E-state index is 0.0195. The molecular formula is C21H22NO4S-. The molecule has 0 saturated heterocycles. The second kappa shape index (κ2) is 8.95. The van der Waals surface area contributed by atoms with Crippen LogP contribution in [0.15, 0.2) is 48.5 Å². The first-order chi connectivity index (χ1) is 13.1. The molecule has 5 nitrogen and oxygen atoms in total. The fourth-order valence-corrected chi connectivity index (χ4v) is 4.01. The largest absolute Gasteiger partial charge is 0.550 e. The predicted octanol–water partition coefficient (Wildman–Crippen LogP) is 2.79. The fraction of sp³-hybridized carbons (Fsp3) is 0.333. The van der Waals surface area contributed by atoms with E-state index in [-0.39, 0.29) is 18.9 Å². The lowest BCUT2D eigenvalue weighted by atomic mass is 9.98. The van der Waals surface area contributed by atoms with Crippen molar-refractivity contribution in [3.05, 3.63) is 59.7 Å². The molecule has 1 aliphatic carbocycles. The molecule has 1 atom stereocenters. The topological polar surface area (TPSA) is 78.5 Å². The maximum absolute atomic E-state index is 12.2. The van der Waals surface area contributed by atoms with E-state index in [1.54, 1.807) is 11.8 Å². The second-order valence-electron chi connectivity index (χ2n) is 6.52. The van der Waals surface area contributed by atoms with Crippen molar-refractivity contribution in [3.8, 4) is 11.1 Å². The highest BCUT2D eigenvalue weighted by Gasteiger charge is 2.29. The summed E-state index contributed by atoms with van der Waals surface area (Å²) in [5.41, 5.74) is 4.61. The van der Waals surface area contributed by atoms with E-state index < -0.39 is 18.1 Å². The van der Waals surface area contributed by atoms with Crippen molar-refractivity contribution in [1.82, 2.24) is 5.32 Å². The van der Waals surface area contributed by atoms with E-state index in [2.05, 4.69) is 29.6 Å². The van der Waals surface area contributed by atoms with Crippen molar-refractivity contribution in [2.45, 2.75) is 24.8 Å². The lowest BCUT2D eigenvalue weighted by Gasteiger charge is -2.20. The summed E-state index contributed by atoms with van der Waals surface area (Å²) < 4.78 is 5.46. The van der Waals surface area contributed by atoms with E-state index in [1.165, 1.54) is 0 Å². The van der Waals surface area contributed by atoms with Gasteiger partial charge in [0.2, 0.25) is 0 Å². The molecular weight excluding hydrogens is 362 g/mol. The Hall–Kier alpha value is -2.47. The first-order valence-electron chi connectivity index (χ1n) is 8.90. The van der Waals surface area contributed by atoms with Gasteiger partial charge >= 0.3 is 6.09 Å². The molecule has 0 fully saturated rings. The number of carbonyl (C=O) groups excluding carboxylic acids is 2. The van der Waals surface area contributed by atoms with E-state index in [0.29, 0.717) is 6.42 Å². The molecule has 1 aliphatic rings. The maximum Gasteiger partial charge on any atom is 0.407 e. The summed E-state index contributed by atoms with van der Waals surface area (Å²) in [7, 11) is 0. The Morgan fingerprint density at radius 2 is 1.70 bits per heavy atom. The number of carbonyl (C=O) groups is 2. The van der Waals surface area contributed by atoms with Crippen LogP contribution in [0.3, 0.4) is 0 Å². The number of ether oxygens (including phenoxy) is 1. The van der Waals surface area contributed by atoms with Gasteiger partial charge in [0, 0.05) is 24.3 Å². The number of nitrogens with one attached hydrogen (secondary N) is 1. The first-order valence-corrected chi connectivity index (χ1v) is 10.3. The molecule has 0 aliphatic heterocycles. The third kappa shape index (κ3) is 4.63. The molecule has 142 valence electrons. The van der Waals surface area contributed by atoms with Gasteiger partial charge in [-0.15, -0.1) is 0 Å². The Bertz CT molecular complexity index is 778. The van der Waals surface area contributed by atoms with Crippen molar-refractivity contribution < 1.29 is 19.4 Å². The number of alkyl carbamates (subject to hydrolysis) is 1. The van der Waals surface area contributed by atoms with E-state index in [1.807, 2.05) is 30.5 Å². The summed E-state index contributed by atoms with van der Waals surface area (Å²) in [5, 5.41) is 13.5. The summed E-state index contributed by atoms with van der Waals surface area (Å²) in [6, 6.07) is 15.7. The number of carboxylic acids is 1. The van der Waals surface area contributed by atoms with Crippen molar-refractivity contribution >= 4 is 23.8 Å². The maximum atomic E-state index is 12.2. The zero-order valence-electron chi connectivity index (χ0n) is 15.1. The number of carboxylic acid groups (broad SMARTS) is 1. The van der Waals surface area contributed by atoms with Crippen LogP contribution in [0.25, 0.3) is 11.1 Å². The van der Waals surface area contributed by atoms with Gasteiger partial charge in [-0.3, -0.25) is 0 Å². The smallest absolute Gasteiger partial charge is 0.407 e. The summed E-state index contributed by atoms with van der Waals surface area (Å²) >= 11 is 1.60. The van der Waals surface area contributed by atoms with Crippen molar-refractivity contribution in [1.29, 1.82) is 0 Å². The molecule has 0 bridgehead atoms. The number of hydrogen-bond donors (Lipinski definition) is 1. The average molecular weight is 384 g/mol. The van der Waals surface area contributed by atoms with Gasteiger partial charge in [0.1, 0.15) is 6.61 Å². The Morgan fingerprint density at radius 1 is 1.11 bits per heavy atom. The Kier molecular flexibility index (Phi) is 6.40. The molecule has 0 spiro atoms. The fourth-order valence-electron chi connectivity index (χ4n) is 3.49. The molecule has 2 aromatic rings. The van der Waals surface area contributed by atoms with Crippen LogP contribution < -0.4 is 10.4 Å². The van der Waals surface area contributed by atoms with Gasteiger partial charge in [-0.2, -0.15) is 11.8 Å². The van der Waals surface area contributed by atoms with Gasteiger partial charge in [0.05, 0.1) is 0 Å². The van der Waals surface area contributed by atoms with Crippen LogP contribution in [0.4, 0.5) is 4.79 Å². The summed E-state index contributed by atoms with van der Waals surface area (Å²) in [5.74, 6) is -0.448. The summed E-state index contributed by atoms with van der Waals surface area (Å²) in [6.07, 6.45) is 1.68.